The second-order valence-corrected chi connectivity index (χ2v) is 4.45. The molecule has 0 saturated carbocycles. The molecule has 0 spiro atoms. The molecule has 0 aromatic heterocycles. The van der Waals surface area contributed by atoms with Crippen LogP contribution >= 0.6 is 23.2 Å². The molecule has 1 atom stereocenters. The number of nitrogens with zero attached hydrogens (tertiary/aromatic N) is 3. The molecule has 0 radical (unpaired) electrons. The van der Waals surface area contributed by atoms with Crippen LogP contribution in [0.1, 0.15) is 0 Å². The van der Waals surface area contributed by atoms with Crippen molar-refractivity contribution in [1.29, 1.82) is 0 Å². The Morgan fingerprint density at radius 2 is 2.26 bits per heavy atom. The van der Waals surface area contributed by atoms with Crippen LogP contribution in [-0.2, 0) is 4.79 Å². The molecule has 0 fully saturated rings. The molecule has 1 aromatic carbocycles. The summed E-state index contributed by atoms with van der Waals surface area (Å²) in [6, 6.07) is 4.54. The fourth-order valence-electron chi connectivity index (χ4n) is 1.42. The molecule has 1 aliphatic heterocycles. The molecule has 19 heavy (non-hydrogen) atoms. The van der Waals surface area contributed by atoms with Crippen LogP contribution < -0.4 is 4.74 Å². The lowest BCUT2D eigenvalue weighted by molar-refractivity contribution is -0.151. The quantitative estimate of drug-likeness (QED) is 0.924. The van der Waals surface area contributed by atoms with E-state index in [-0.39, 0.29) is 17.4 Å². The van der Waals surface area contributed by atoms with E-state index in [9.17, 15) is 9.90 Å². The lowest BCUT2D eigenvalue weighted by Gasteiger charge is -2.26. The highest BCUT2D eigenvalue weighted by Crippen LogP contribution is 2.28. The van der Waals surface area contributed by atoms with Crippen molar-refractivity contribution in [3.63, 3.8) is 0 Å². The fourth-order valence-corrected chi connectivity index (χ4v) is 1.87. The Hall–Kier alpha value is -1.79. The van der Waals surface area contributed by atoms with Crippen molar-refractivity contribution in [3.05, 3.63) is 28.2 Å². The van der Waals surface area contributed by atoms with E-state index in [2.05, 4.69) is 9.98 Å². The molecule has 1 N–H and O–H groups in total. The van der Waals surface area contributed by atoms with E-state index in [1.165, 1.54) is 29.7 Å². The van der Waals surface area contributed by atoms with Gasteiger partial charge in [-0.3, -0.25) is 9.89 Å². The van der Waals surface area contributed by atoms with Crippen molar-refractivity contribution in [2.45, 2.75) is 6.23 Å². The summed E-state index contributed by atoms with van der Waals surface area (Å²) in [6.45, 7) is 0.145. The molecule has 6 nitrogen and oxygen atoms in total. The van der Waals surface area contributed by atoms with Gasteiger partial charge in [0.1, 0.15) is 18.8 Å². The van der Waals surface area contributed by atoms with Gasteiger partial charge < -0.3 is 9.84 Å². The minimum absolute atomic E-state index is 0.145. The van der Waals surface area contributed by atoms with Crippen molar-refractivity contribution in [2.75, 3.05) is 6.67 Å². The number of hydrogen-bond acceptors (Lipinski definition) is 5. The molecule has 1 aliphatic rings. The first-order valence-electron chi connectivity index (χ1n) is 5.20. The number of aliphatic imine (C=N–C) groups is 2. The zero-order chi connectivity index (χ0) is 13.8. The van der Waals surface area contributed by atoms with Gasteiger partial charge in [0.15, 0.2) is 0 Å². The highest BCUT2D eigenvalue weighted by Gasteiger charge is 2.27. The number of rotatable bonds is 4. The molecule has 0 amide bonds. The molecule has 8 heteroatoms. The highest BCUT2D eigenvalue weighted by molar-refractivity contribution is 6.35. The van der Waals surface area contributed by atoms with Crippen LogP contribution in [0.2, 0.25) is 10.0 Å². The van der Waals surface area contributed by atoms with Crippen LogP contribution in [0.3, 0.4) is 0 Å². The third-order valence-electron chi connectivity index (χ3n) is 2.25. The summed E-state index contributed by atoms with van der Waals surface area (Å²) in [5.74, 6) is -0.948. The first kappa shape index (κ1) is 13.6. The first-order chi connectivity index (χ1) is 9.08. The summed E-state index contributed by atoms with van der Waals surface area (Å²) in [6.07, 6.45) is 1.42. The average molecular weight is 302 g/mol. The number of ether oxygens (including phenoxy) is 1. The molecule has 1 unspecified atom stereocenters. The maximum Gasteiger partial charge on any atom is 0.366 e. The second-order valence-electron chi connectivity index (χ2n) is 3.60. The maximum absolute atomic E-state index is 11.2. The van der Waals surface area contributed by atoms with E-state index in [0.717, 1.165) is 0 Å². The van der Waals surface area contributed by atoms with Gasteiger partial charge in [0.25, 0.3) is 6.23 Å². The Labute approximate surface area is 118 Å². The molecule has 100 valence electrons. The van der Waals surface area contributed by atoms with Crippen LogP contribution in [0.4, 0.5) is 0 Å². The van der Waals surface area contributed by atoms with Gasteiger partial charge in [0, 0.05) is 5.02 Å². The monoisotopic (exact) mass is 301 g/mol. The summed E-state index contributed by atoms with van der Waals surface area (Å²) < 4.78 is 5.37. The normalized spacial score (nSPS) is 15.4. The van der Waals surface area contributed by atoms with E-state index >= 15 is 0 Å². The third kappa shape index (κ3) is 3.36. The van der Waals surface area contributed by atoms with Crippen LogP contribution in [0.25, 0.3) is 0 Å². The Morgan fingerprint density at radius 1 is 1.47 bits per heavy atom. The zero-order valence-corrected chi connectivity index (χ0v) is 11.0. The van der Waals surface area contributed by atoms with Crippen LogP contribution in [0.5, 0.6) is 5.75 Å². The summed E-state index contributed by atoms with van der Waals surface area (Å²) in [4.78, 5) is 20.2. The van der Waals surface area contributed by atoms with Crippen molar-refractivity contribution in [2.24, 2.45) is 9.98 Å². The summed E-state index contributed by atoms with van der Waals surface area (Å²) in [5, 5.41) is 9.85. The van der Waals surface area contributed by atoms with Crippen molar-refractivity contribution in [1.82, 2.24) is 4.90 Å². The number of benzene rings is 1. The molecule has 1 aromatic rings. The maximum atomic E-state index is 11.2. The van der Waals surface area contributed by atoms with Gasteiger partial charge in [0.05, 0.1) is 11.4 Å². The number of hydrogen-bond donors (Lipinski definition) is 1. The average Bonchev–Trinajstić information content (AvgIpc) is 2.38. The standard InChI is InChI=1S/C11H9Cl2N3O3/c12-7-1-2-9(8(13)3-7)19-10(11(17)18)16-5-14-4-15-6-16/h1-5,10H,6H2,(H,17,18). The molecular weight excluding hydrogens is 293 g/mol. The lowest BCUT2D eigenvalue weighted by atomic mass is 10.3. The van der Waals surface area contributed by atoms with Gasteiger partial charge in [-0.1, -0.05) is 23.2 Å². The number of carboxylic acids is 1. The summed E-state index contributed by atoms with van der Waals surface area (Å²) >= 11 is 11.7. The molecule has 1 heterocycles. The number of carbonyl (C=O) groups is 1. The Balaban J connectivity index is 2.19. The van der Waals surface area contributed by atoms with Crippen LogP contribution in [-0.4, -0.2) is 41.5 Å². The smallest absolute Gasteiger partial charge is 0.366 e. The van der Waals surface area contributed by atoms with Gasteiger partial charge >= 0.3 is 5.97 Å². The van der Waals surface area contributed by atoms with E-state index in [4.69, 9.17) is 27.9 Å². The fraction of sp³-hybridized carbons (Fsp3) is 0.182. The van der Waals surface area contributed by atoms with Crippen molar-refractivity contribution in [3.8, 4) is 5.75 Å². The minimum Gasteiger partial charge on any atom is -0.477 e. The lowest BCUT2D eigenvalue weighted by Crippen LogP contribution is -2.45. The topological polar surface area (TPSA) is 74.5 Å². The Bertz CT molecular complexity index is 548. The van der Waals surface area contributed by atoms with E-state index in [1.54, 1.807) is 6.07 Å². The highest BCUT2D eigenvalue weighted by atomic mass is 35.5. The predicted molar refractivity (Wildman–Crippen MR) is 72.2 cm³/mol. The predicted octanol–water partition coefficient (Wildman–Crippen LogP) is 2.11. The van der Waals surface area contributed by atoms with Gasteiger partial charge in [-0.05, 0) is 18.2 Å². The SMILES string of the molecule is O=C(O)C(Oc1ccc(Cl)cc1Cl)N1C=NC=NC1. The van der Waals surface area contributed by atoms with Gasteiger partial charge in [0.2, 0.25) is 0 Å². The van der Waals surface area contributed by atoms with Gasteiger partial charge in [-0.15, -0.1) is 0 Å². The van der Waals surface area contributed by atoms with Crippen molar-refractivity contribution >= 4 is 41.8 Å². The Kier molecular flexibility index (Phi) is 4.24. The van der Waals surface area contributed by atoms with E-state index in [0.29, 0.717) is 5.02 Å². The molecular formula is C11H9Cl2N3O3. The second kappa shape index (κ2) is 5.90. The summed E-state index contributed by atoms with van der Waals surface area (Å²) in [7, 11) is 0. The molecule has 0 aliphatic carbocycles. The van der Waals surface area contributed by atoms with Crippen LogP contribution in [0.15, 0.2) is 28.2 Å². The number of halogens is 2. The van der Waals surface area contributed by atoms with E-state index in [1.807, 2.05) is 0 Å². The van der Waals surface area contributed by atoms with Gasteiger partial charge in [-0.2, -0.15) is 0 Å². The number of carboxylic acid groups (broad SMARTS) is 1. The largest absolute Gasteiger partial charge is 0.477 e. The van der Waals surface area contributed by atoms with E-state index < -0.39 is 12.2 Å². The number of aliphatic carboxylic acids is 1. The molecule has 2 rings (SSSR count). The van der Waals surface area contributed by atoms with Crippen molar-refractivity contribution < 1.29 is 14.6 Å². The summed E-state index contributed by atoms with van der Waals surface area (Å²) in [5.41, 5.74) is 0. The third-order valence-corrected chi connectivity index (χ3v) is 2.78. The zero-order valence-electron chi connectivity index (χ0n) is 9.53. The Morgan fingerprint density at radius 3 is 2.84 bits per heavy atom. The first-order valence-corrected chi connectivity index (χ1v) is 5.95. The minimum atomic E-state index is -1.26. The van der Waals surface area contributed by atoms with Gasteiger partial charge in [-0.25, -0.2) is 9.79 Å². The van der Waals surface area contributed by atoms with Crippen LogP contribution in [0, 0.1) is 0 Å². The molecule has 0 bridgehead atoms. The molecule has 0 saturated heterocycles.